The van der Waals surface area contributed by atoms with E-state index in [1.165, 1.54) is 0 Å². The van der Waals surface area contributed by atoms with Gasteiger partial charge in [0.15, 0.2) is 0 Å². The van der Waals surface area contributed by atoms with E-state index in [0.29, 0.717) is 18.6 Å². The molecule has 0 radical (unpaired) electrons. The van der Waals surface area contributed by atoms with Crippen molar-refractivity contribution in [2.75, 3.05) is 6.61 Å². The van der Waals surface area contributed by atoms with Gasteiger partial charge in [0.25, 0.3) is 0 Å². The zero-order valence-electron chi connectivity index (χ0n) is 9.56. The third-order valence-corrected chi connectivity index (χ3v) is 2.36. The van der Waals surface area contributed by atoms with E-state index >= 15 is 0 Å². The van der Waals surface area contributed by atoms with Gasteiger partial charge in [0, 0.05) is 12.0 Å². The SMILES string of the molecule is CCCC(O)CCOc1ccc(C=O)cc1. The zero-order valence-corrected chi connectivity index (χ0v) is 9.56. The largest absolute Gasteiger partial charge is 0.493 e. The van der Waals surface area contributed by atoms with E-state index in [0.717, 1.165) is 24.9 Å². The summed E-state index contributed by atoms with van der Waals surface area (Å²) in [6.45, 7) is 2.55. The number of carbonyl (C=O) groups excluding carboxylic acids is 1. The summed E-state index contributed by atoms with van der Waals surface area (Å²) in [7, 11) is 0. The molecule has 1 unspecified atom stereocenters. The summed E-state index contributed by atoms with van der Waals surface area (Å²) >= 11 is 0. The predicted molar refractivity (Wildman–Crippen MR) is 62.9 cm³/mol. The van der Waals surface area contributed by atoms with Crippen molar-refractivity contribution in [3.05, 3.63) is 29.8 Å². The molecule has 1 aromatic carbocycles. The van der Waals surface area contributed by atoms with Crippen molar-refractivity contribution in [3.8, 4) is 5.75 Å². The summed E-state index contributed by atoms with van der Waals surface area (Å²) in [5.41, 5.74) is 0.637. The van der Waals surface area contributed by atoms with Crippen molar-refractivity contribution in [3.63, 3.8) is 0 Å². The molecule has 0 saturated heterocycles. The first kappa shape index (κ1) is 12.7. The third-order valence-electron chi connectivity index (χ3n) is 2.36. The Hall–Kier alpha value is -1.35. The number of hydrogen-bond donors (Lipinski definition) is 1. The lowest BCUT2D eigenvalue weighted by Gasteiger charge is -2.10. The lowest BCUT2D eigenvalue weighted by molar-refractivity contribution is 0.112. The molecule has 0 bridgehead atoms. The van der Waals surface area contributed by atoms with Crippen LogP contribution in [0.15, 0.2) is 24.3 Å². The Labute approximate surface area is 96.1 Å². The first-order valence-corrected chi connectivity index (χ1v) is 5.62. The molecule has 3 nitrogen and oxygen atoms in total. The van der Waals surface area contributed by atoms with Gasteiger partial charge in [0.1, 0.15) is 12.0 Å². The van der Waals surface area contributed by atoms with Crippen LogP contribution in [0.5, 0.6) is 5.75 Å². The Kier molecular flexibility index (Phi) is 5.57. The van der Waals surface area contributed by atoms with Crippen LogP contribution in [-0.2, 0) is 0 Å². The fourth-order valence-electron chi connectivity index (χ4n) is 1.43. The van der Waals surface area contributed by atoms with Gasteiger partial charge >= 0.3 is 0 Å². The molecular weight excluding hydrogens is 204 g/mol. The zero-order chi connectivity index (χ0) is 11.8. The maximum absolute atomic E-state index is 10.4. The number of aldehydes is 1. The van der Waals surface area contributed by atoms with Gasteiger partial charge in [-0.25, -0.2) is 0 Å². The van der Waals surface area contributed by atoms with E-state index in [-0.39, 0.29) is 6.10 Å². The van der Waals surface area contributed by atoms with Crippen LogP contribution in [0.1, 0.15) is 36.5 Å². The fraction of sp³-hybridized carbons (Fsp3) is 0.462. The van der Waals surface area contributed by atoms with Gasteiger partial charge in [0.2, 0.25) is 0 Å². The monoisotopic (exact) mass is 222 g/mol. The molecule has 0 spiro atoms. The van der Waals surface area contributed by atoms with Crippen LogP contribution < -0.4 is 4.74 Å². The Morgan fingerprint density at radius 3 is 2.56 bits per heavy atom. The van der Waals surface area contributed by atoms with Gasteiger partial charge in [-0.1, -0.05) is 13.3 Å². The van der Waals surface area contributed by atoms with E-state index in [9.17, 15) is 9.90 Å². The average Bonchev–Trinajstić information content (AvgIpc) is 2.30. The molecule has 0 saturated carbocycles. The molecule has 0 fully saturated rings. The third kappa shape index (κ3) is 4.45. The summed E-state index contributed by atoms with van der Waals surface area (Å²) in [6.07, 6.45) is 2.96. The van der Waals surface area contributed by atoms with Gasteiger partial charge in [-0.3, -0.25) is 4.79 Å². The quantitative estimate of drug-likeness (QED) is 0.721. The Balaban J connectivity index is 2.28. The number of hydrogen-bond acceptors (Lipinski definition) is 3. The predicted octanol–water partition coefficient (Wildman–Crippen LogP) is 2.43. The second kappa shape index (κ2) is 7.01. The molecule has 88 valence electrons. The summed E-state index contributed by atoms with van der Waals surface area (Å²) in [5.74, 6) is 0.731. The summed E-state index contributed by atoms with van der Waals surface area (Å²) in [4.78, 5) is 10.4. The van der Waals surface area contributed by atoms with E-state index in [1.54, 1.807) is 24.3 Å². The Morgan fingerprint density at radius 1 is 1.31 bits per heavy atom. The molecule has 0 aliphatic rings. The minimum absolute atomic E-state index is 0.278. The first-order valence-electron chi connectivity index (χ1n) is 5.62. The topological polar surface area (TPSA) is 46.5 Å². The number of aliphatic hydroxyl groups excluding tert-OH is 1. The Bertz CT molecular complexity index is 305. The van der Waals surface area contributed by atoms with Gasteiger partial charge in [-0.15, -0.1) is 0 Å². The van der Waals surface area contributed by atoms with E-state index in [4.69, 9.17) is 4.74 Å². The normalized spacial score (nSPS) is 12.1. The van der Waals surface area contributed by atoms with E-state index < -0.39 is 0 Å². The van der Waals surface area contributed by atoms with Crippen LogP contribution in [-0.4, -0.2) is 24.1 Å². The van der Waals surface area contributed by atoms with E-state index in [2.05, 4.69) is 0 Å². The molecule has 1 atom stereocenters. The fourth-order valence-corrected chi connectivity index (χ4v) is 1.43. The molecule has 1 aromatic rings. The minimum Gasteiger partial charge on any atom is -0.493 e. The van der Waals surface area contributed by atoms with Crippen molar-refractivity contribution in [1.82, 2.24) is 0 Å². The summed E-state index contributed by atoms with van der Waals surface area (Å²) < 4.78 is 5.45. The maximum atomic E-state index is 10.4. The number of carbonyl (C=O) groups is 1. The number of ether oxygens (including phenoxy) is 1. The van der Waals surface area contributed by atoms with Crippen molar-refractivity contribution < 1.29 is 14.6 Å². The first-order chi connectivity index (χ1) is 7.76. The van der Waals surface area contributed by atoms with Crippen molar-refractivity contribution in [2.24, 2.45) is 0 Å². The molecule has 0 amide bonds. The summed E-state index contributed by atoms with van der Waals surface area (Å²) in [5, 5.41) is 9.48. The second-order valence-corrected chi connectivity index (χ2v) is 3.77. The number of aliphatic hydroxyl groups is 1. The standard InChI is InChI=1S/C13H18O3/c1-2-3-12(15)8-9-16-13-6-4-11(10-14)5-7-13/h4-7,10,12,15H,2-3,8-9H2,1H3. The maximum Gasteiger partial charge on any atom is 0.150 e. The van der Waals surface area contributed by atoms with Crippen LogP contribution in [0.3, 0.4) is 0 Å². The number of rotatable bonds is 7. The van der Waals surface area contributed by atoms with Crippen LogP contribution in [0.2, 0.25) is 0 Å². The molecule has 0 aliphatic heterocycles. The van der Waals surface area contributed by atoms with Crippen LogP contribution in [0.25, 0.3) is 0 Å². The number of benzene rings is 1. The van der Waals surface area contributed by atoms with Crippen molar-refractivity contribution in [1.29, 1.82) is 0 Å². The molecule has 16 heavy (non-hydrogen) atoms. The minimum atomic E-state index is -0.278. The lowest BCUT2D eigenvalue weighted by Crippen LogP contribution is -2.11. The molecule has 0 heterocycles. The lowest BCUT2D eigenvalue weighted by atomic mass is 10.1. The second-order valence-electron chi connectivity index (χ2n) is 3.77. The van der Waals surface area contributed by atoms with Crippen LogP contribution in [0, 0.1) is 0 Å². The Morgan fingerprint density at radius 2 is 2.00 bits per heavy atom. The van der Waals surface area contributed by atoms with Gasteiger partial charge in [-0.2, -0.15) is 0 Å². The van der Waals surface area contributed by atoms with Gasteiger partial charge in [0.05, 0.1) is 12.7 Å². The molecule has 1 rings (SSSR count). The van der Waals surface area contributed by atoms with Crippen LogP contribution in [0.4, 0.5) is 0 Å². The van der Waals surface area contributed by atoms with Crippen molar-refractivity contribution >= 4 is 6.29 Å². The highest BCUT2D eigenvalue weighted by atomic mass is 16.5. The highest BCUT2D eigenvalue weighted by Crippen LogP contribution is 2.12. The molecule has 3 heteroatoms. The van der Waals surface area contributed by atoms with Gasteiger partial charge < -0.3 is 9.84 Å². The smallest absolute Gasteiger partial charge is 0.150 e. The molecule has 0 aliphatic carbocycles. The molecule has 1 N–H and O–H groups in total. The van der Waals surface area contributed by atoms with Crippen LogP contribution >= 0.6 is 0 Å². The highest BCUT2D eigenvalue weighted by molar-refractivity contribution is 5.74. The highest BCUT2D eigenvalue weighted by Gasteiger charge is 2.02. The van der Waals surface area contributed by atoms with Gasteiger partial charge in [-0.05, 0) is 30.7 Å². The molecular formula is C13H18O3. The average molecular weight is 222 g/mol. The van der Waals surface area contributed by atoms with Crippen molar-refractivity contribution in [2.45, 2.75) is 32.3 Å². The van der Waals surface area contributed by atoms with E-state index in [1.807, 2.05) is 6.92 Å². The molecule has 0 aromatic heterocycles. The summed E-state index contributed by atoms with van der Waals surface area (Å²) in [6, 6.07) is 6.95.